The van der Waals surface area contributed by atoms with E-state index in [4.69, 9.17) is 4.74 Å². The summed E-state index contributed by atoms with van der Waals surface area (Å²) < 4.78 is 6.98. The van der Waals surface area contributed by atoms with E-state index in [0.717, 1.165) is 11.0 Å². The van der Waals surface area contributed by atoms with Crippen molar-refractivity contribution >= 4 is 23.2 Å². The molecule has 0 radical (unpaired) electrons. The van der Waals surface area contributed by atoms with E-state index in [1.807, 2.05) is 35.9 Å². The van der Waals surface area contributed by atoms with Crippen molar-refractivity contribution in [2.75, 3.05) is 7.11 Å². The van der Waals surface area contributed by atoms with Gasteiger partial charge in [0.15, 0.2) is 11.5 Å². The van der Waals surface area contributed by atoms with Crippen LogP contribution in [0, 0.1) is 0 Å². The standard InChI is InChI=1S/C16H15N3O2/c1-19-13-8-4-3-7-12(13)18-16(19)17-10-11-6-5-9-14(21-2)15(11)20/h3-10,20H,1-2H3/b17-10+. The Bertz CT molecular complexity index is 822. The fourth-order valence-corrected chi connectivity index (χ4v) is 2.18. The first-order valence-corrected chi connectivity index (χ1v) is 6.52. The molecular formula is C16H15N3O2. The Morgan fingerprint density at radius 2 is 2.00 bits per heavy atom. The smallest absolute Gasteiger partial charge is 0.230 e. The molecule has 3 rings (SSSR count). The first-order valence-electron chi connectivity index (χ1n) is 6.52. The fraction of sp³-hybridized carbons (Fsp3) is 0.125. The summed E-state index contributed by atoms with van der Waals surface area (Å²) in [5.74, 6) is 1.07. The molecule has 0 amide bonds. The molecule has 0 aliphatic heterocycles. The normalized spacial score (nSPS) is 11.3. The Morgan fingerprint density at radius 1 is 1.19 bits per heavy atom. The minimum Gasteiger partial charge on any atom is -0.504 e. The minimum absolute atomic E-state index is 0.0718. The lowest BCUT2D eigenvalue weighted by molar-refractivity contribution is 0.373. The zero-order valence-corrected chi connectivity index (χ0v) is 11.8. The zero-order chi connectivity index (χ0) is 14.8. The van der Waals surface area contributed by atoms with Crippen LogP contribution in [0.5, 0.6) is 11.5 Å². The van der Waals surface area contributed by atoms with E-state index in [-0.39, 0.29) is 5.75 Å². The second kappa shape index (κ2) is 5.28. The average Bonchev–Trinajstić information content (AvgIpc) is 2.83. The summed E-state index contributed by atoms with van der Waals surface area (Å²) in [6.07, 6.45) is 1.58. The second-order valence-electron chi connectivity index (χ2n) is 4.62. The van der Waals surface area contributed by atoms with Crippen LogP contribution in [0.15, 0.2) is 47.5 Å². The monoisotopic (exact) mass is 281 g/mol. The minimum atomic E-state index is 0.0718. The Hall–Kier alpha value is -2.82. The summed E-state index contributed by atoms with van der Waals surface area (Å²) in [6.45, 7) is 0. The molecule has 0 bridgehead atoms. The molecule has 2 aromatic carbocycles. The van der Waals surface area contributed by atoms with Gasteiger partial charge in [-0.2, -0.15) is 0 Å². The van der Waals surface area contributed by atoms with Gasteiger partial charge in [-0.05, 0) is 24.3 Å². The van der Waals surface area contributed by atoms with Crippen molar-refractivity contribution in [2.24, 2.45) is 12.0 Å². The molecule has 0 fully saturated rings. The third-order valence-electron chi connectivity index (χ3n) is 3.33. The van der Waals surface area contributed by atoms with Crippen molar-refractivity contribution in [3.63, 3.8) is 0 Å². The molecular weight excluding hydrogens is 266 g/mol. The van der Waals surface area contributed by atoms with Crippen molar-refractivity contribution in [3.05, 3.63) is 48.0 Å². The van der Waals surface area contributed by atoms with Crippen molar-refractivity contribution in [1.29, 1.82) is 0 Å². The van der Waals surface area contributed by atoms with E-state index in [0.29, 0.717) is 17.3 Å². The van der Waals surface area contributed by atoms with Crippen molar-refractivity contribution < 1.29 is 9.84 Å². The van der Waals surface area contributed by atoms with Crippen LogP contribution in [0.3, 0.4) is 0 Å². The molecule has 1 N–H and O–H groups in total. The van der Waals surface area contributed by atoms with Crippen molar-refractivity contribution in [1.82, 2.24) is 9.55 Å². The molecule has 106 valence electrons. The van der Waals surface area contributed by atoms with Crippen LogP contribution in [-0.2, 0) is 7.05 Å². The van der Waals surface area contributed by atoms with Gasteiger partial charge in [0, 0.05) is 18.8 Å². The van der Waals surface area contributed by atoms with E-state index in [1.54, 1.807) is 24.4 Å². The SMILES string of the molecule is COc1cccc(/C=N/c2nc3ccccc3n2C)c1O. The molecule has 0 aliphatic carbocycles. The van der Waals surface area contributed by atoms with Crippen LogP contribution < -0.4 is 4.74 Å². The van der Waals surface area contributed by atoms with E-state index in [2.05, 4.69) is 9.98 Å². The van der Waals surface area contributed by atoms with E-state index < -0.39 is 0 Å². The predicted molar refractivity (Wildman–Crippen MR) is 82.6 cm³/mol. The largest absolute Gasteiger partial charge is 0.504 e. The summed E-state index contributed by atoms with van der Waals surface area (Å²) in [4.78, 5) is 8.81. The predicted octanol–water partition coefficient (Wildman–Crippen LogP) is 3.04. The highest BCUT2D eigenvalue weighted by molar-refractivity contribution is 5.87. The van der Waals surface area contributed by atoms with Crippen LogP contribution in [0.4, 0.5) is 5.95 Å². The number of fused-ring (bicyclic) bond motifs is 1. The van der Waals surface area contributed by atoms with Crippen molar-refractivity contribution in [3.8, 4) is 11.5 Å². The number of methoxy groups -OCH3 is 1. The highest BCUT2D eigenvalue weighted by Gasteiger charge is 2.07. The highest BCUT2D eigenvalue weighted by Crippen LogP contribution is 2.28. The first kappa shape index (κ1) is 13.2. The van der Waals surface area contributed by atoms with Crippen LogP contribution in [-0.4, -0.2) is 28.0 Å². The van der Waals surface area contributed by atoms with Crippen LogP contribution in [0.2, 0.25) is 0 Å². The van der Waals surface area contributed by atoms with Gasteiger partial charge in [0.05, 0.1) is 18.1 Å². The molecule has 0 saturated heterocycles. The lowest BCUT2D eigenvalue weighted by atomic mass is 10.2. The molecule has 0 spiro atoms. The van der Waals surface area contributed by atoms with E-state index in [9.17, 15) is 5.11 Å². The number of aromatic hydroxyl groups is 1. The number of hydrogen-bond donors (Lipinski definition) is 1. The second-order valence-corrected chi connectivity index (χ2v) is 4.62. The van der Waals surface area contributed by atoms with Gasteiger partial charge in [-0.25, -0.2) is 9.98 Å². The Labute approximate surface area is 122 Å². The number of para-hydroxylation sites is 3. The number of aromatic nitrogens is 2. The van der Waals surface area contributed by atoms with Gasteiger partial charge < -0.3 is 14.4 Å². The fourth-order valence-electron chi connectivity index (χ4n) is 2.18. The van der Waals surface area contributed by atoms with Crippen molar-refractivity contribution in [2.45, 2.75) is 0 Å². The Balaban J connectivity index is 2.00. The molecule has 5 heteroatoms. The van der Waals surface area contributed by atoms with Gasteiger partial charge in [0.1, 0.15) is 0 Å². The summed E-state index contributed by atoms with van der Waals surface area (Å²) >= 11 is 0. The summed E-state index contributed by atoms with van der Waals surface area (Å²) in [7, 11) is 3.43. The molecule has 1 heterocycles. The number of phenolic OH excluding ortho intramolecular Hbond substituents is 1. The maximum Gasteiger partial charge on any atom is 0.230 e. The molecule has 5 nitrogen and oxygen atoms in total. The number of aliphatic imine (C=N–C) groups is 1. The van der Waals surface area contributed by atoms with Gasteiger partial charge in [-0.1, -0.05) is 18.2 Å². The molecule has 21 heavy (non-hydrogen) atoms. The summed E-state index contributed by atoms with van der Waals surface area (Å²) in [5, 5.41) is 10.0. The van der Waals surface area contributed by atoms with Gasteiger partial charge in [-0.15, -0.1) is 0 Å². The molecule has 0 atom stereocenters. The highest BCUT2D eigenvalue weighted by atomic mass is 16.5. The molecule has 0 unspecified atom stereocenters. The first-order chi connectivity index (χ1) is 10.2. The lowest BCUT2D eigenvalue weighted by Crippen LogP contribution is -1.90. The Morgan fingerprint density at radius 3 is 2.76 bits per heavy atom. The van der Waals surface area contributed by atoms with Crippen LogP contribution in [0.25, 0.3) is 11.0 Å². The lowest BCUT2D eigenvalue weighted by Gasteiger charge is -2.04. The number of aryl methyl sites for hydroxylation is 1. The topological polar surface area (TPSA) is 59.6 Å². The number of hydrogen-bond acceptors (Lipinski definition) is 4. The number of rotatable bonds is 3. The van der Waals surface area contributed by atoms with Gasteiger partial charge in [0.2, 0.25) is 5.95 Å². The van der Waals surface area contributed by atoms with Crippen LogP contribution >= 0.6 is 0 Å². The maximum atomic E-state index is 10.0. The molecule has 3 aromatic rings. The molecule has 1 aromatic heterocycles. The number of phenols is 1. The third-order valence-corrected chi connectivity index (χ3v) is 3.33. The van der Waals surface area contributed by atoms with E-state index in [1.165, 1.54) is 7.11 Å². The van der Waals surface area contributed by atoms with Gasteiger partial charge in [0.25, 0.3) is 0 Å². The molecule has 0 aliphatic rings. The number of nitrogens with zero attached hydrogens (tertiary/aromatic N) is 3. The van der Waals surface area contributed by atoms with Crippen LogP contribution in [0.1, 0.15) is 5.56 Å². The van der Waals surface area contributed by atoms with E-state index >= 15 is 0 Å². The Kier molecular flexibility index (Phi) is 3.31. The molecule has 0 saturated carbocycles. The quantitative estimate of drug-likeness (QED) is 0.751. The third kappa shape index (κ3) is 2.33. The average molecular weight is 281 g/mol. The number of ether oxygens (including phenoxy) is 1. The van der Waals surface area contributed by atoms with Gasteiger partial charge in [-0.3, -0.25) is 0 Å². The summed E-state index contributed by atoms with van der Waals surface area (Å²) in [5.41, 5.74) is 2.49. The van der Waals surface area contributed by atoms with Gasteiger partial charge >= 0.3 is 0 Å². The zero-order valence-electron chi connectivity index (χ0n) is 11.8. The summed E-state index contributed by atoms with van der Waals surface area (Å²) in [6, 6.07) is 13.1. The maximum absolute atomic E-state index is 10.0. The number of imidazole rings is 1. The number of benzene rings is 2.